The first kappa shape index (κ1) is 19.0. The monoisotopic (exact) mass is 418 g/mol. The second kappa shape index (κ2) is 7.94. The topological polar surface area (TPSA) is 66.4 Å². The molecule has 0 aliphatic carbocycles. The molecule has 3 aromatic rings. The molecule has 2 heterocycles. The quantitative estimate of drug-likeness (QED) is 0.638. The zero-order valence-electron chi connectivity index (χ0n) is 15.0. The standard InChI is InChI=1S/C19H19FN4O2S2/c20-16-8-6-15(7-9-16)14-18-21-22-19(27-18)23-10-12-24(13-11-23)28(25,26)17-4-2-1-3-5-17/h1-9H,10-14H2. The molecule has 1 fully saturated rings. The van der Waals surface area contributed by atoms with Gasteiger partial charge in [0, 0.05) is 32.6 Å². The molecule has 0 radical (unpaired) electrons. The molecule has 0 atom stereocenters. The summed E-state index contributed by atoms with van der Waals surface area (Å²) < 4.78 is 40.0. The number of benzene rings is 2. The largest absolute Gasteiger partial charge is 0.344 e. The van der Waals surface area contributed by atoms with Crippen LogP contribution in [0.15, 0.2) is 59.5 Å². The van der Waals surface area contributed by atoms with Gasteiger partial charge in [-0.1, -0.05) is 41.7 Å². The molecule has 1 aliphatic heterocycles. The van der Waals surface area contributed by atoms with Gasteiger partial charge in [0.2, 0.25) is 15.2 Å². The van der Waals surface area contributed by atoms with Gasteiger partial charge in [0.15, 0.2) is 0 Å². The number of hydrogen-bond acceptors (Lipinski definition) is 6. The number of piperazine rings is 1. The van der Waals surface area contributed by atoms with Crippen molar-refractivity contribution in [2.45, 2.75) is 11.3 Å². The Balaban J connectivity index is 1.39. The lowest BCUT2D eigenvalue weighted by Gasteiger charge is -2.33. The summed E-state index contributed by atoms with van der Waals surface area (Å²) in [6, 6.07) is 14.8. The van der Waals surface area contributed by atoms with Crippen molar-refractivity contribution in [3.63, 3.8) is 0 Å². The first-order valence-corrected chi connectivity index (χ1v) is 11.1. The summed E-state index contributed by atoms with van der Waals surface area (Å²) in [6.07, 6.45) is 0.598. The maximum atomic E-state index is 13.0. The SMILES string of the molecule is O=S(=O)(c1ccccc1)N1CCN(c2nnc(Cc3ccc(F)cc3)s2)CC1. The molecule has 0 spiro atoms. The minimum Gasteiger partial charge on any atom is -0.344 e. The van der Waals surface area contributed by atoms with Crippen LogP contribution >= 0.6 is 11.3 Å². The first-order chi connectivity index (χ1) is 13.5. The van der Waals surface area contributed by atoms with Crippen molar-refractivity contribution in [2.24, 2.45) is 0 Å². The summed E-state index contributed by atoms with van der Waals surface area (Å²) in [7, 11) is -3.46. The van der Waals surface area contributed by atoms with Crippen LogP contribution in [0.4, 0.5) is 9.52 Å². The molecular weight excluding hydrogens is 399 g/mol. The molecule has 28 heavy (non-hydrogen) atoms. The van der Waals surface area contributed by atoms with Crippen LogP contribution in [0.3, 0.4) is 0 Å². The van der Waals surface area contributed by atoms with Crippen LogP contribution < -0.4 is 4.90 Å². The minimum atomic E-state index is -3.46. The fourth-order valence-corrected chi connectivity index (χ4v) is 5.45. The van der Waals surface area contributed by atoms with E-state index in [1.54, 1.807) is 42.5 Å². The summed E-state index contributed by atoms with van der Waals surface area (Å²) in [5.74, 6) is -0.259. The highest BCUT2D eigenvalue weighted by Crippen LogP contribution is 2.25. The summed E-state index contributed by atoms with van der Waals surface area (Å²) in [5.41, 5.74) is 0.975. The lowest BCUT2D eigenvalue weighted by molar-refractivity contribution is 0.384. The van der Waals surface area contributed by atoms with Gasteiger partial charge in [-0.2, -0.15) is 4.31 Å². The second-order valence-electron chi connectivity index (χ2n) is 6.49. The van der Waals surface area contributed by atoms with E-state index in [9.17, 15) is 12.8 Å². The van der Waals surface area contributed by atoms with E-state index in [2.05, 4.69) is 15.1 Å². The van der Waals surface area contributed by atoms with Crippen molar-refractivity contribution < 1.29 is 12.8 Å². The number of sulfonamides is 1. The van der Waals surface area contributed by atoms with Crippen molar-refractivity contribution in [3.05, 3.63) is 71.0 Å². The molecule has 0 N–H and O–H groups in total. The van der Waals surface area contributed by atoms with Gasteiger partial charge in [0.25, 0.3) is 0 Å². The van der Waals surface area contributed by atoms with Crippen molar-refractivity contribution >= 4 is 26.5 Å². The summed E-state index contributed by atoms with van der Waals surface area (Å²) in [4.78, 5) is 2.38. The zero-order chi connectivity index (χ0) is 19.6. The number of halogens is 1. The van der Waals surface area contributed by atoms with Gasteiger partial charge in [0.05, 0.1) is 4.90 Å². The smallest absolute Gasteiger partial charge is 0.243 e. The van der Waals surface area contributed by atoms with Crippen LogP contribution in [0.5, 0.6) is 0 Å². The predicted molar refractivity (Wildman–Crippen MR) is 107 cm³/mol. The molecule has 2 aromatic carbocycles. The molecule has 1 saturated heterocycles. The van der Waals surface area contributed by atoms with Gasteiger partial charge in [-0.25, -0.2) is 12.8 Å². The summed E-state index contributed by atoms with van der Waals surface area (Å²) >= 11 is 1.49. The van der Waals surface area contributed by atoms with Gasteiger partial charge in [0.1, 0.15) is 10.8 Å². The zero-order valence-corrected chi connectivity index (χ0v) is 16.7. The number of anilines is 1. The molecule has 1 aromatic heterocycles. The fraction of sp³-hybridized carbons (Fsp3) is 0.263. The summed E-state index contributed by atoms with van der Waals surface area (Å²) in [6.45, 7) is 1.95. The third-order valence-electron chi connectivity index (χ3n) is 4.61. The maximum Gasteiger partial charge on any atom is 0.243 e. The Hall–Kier alpha value is -2.36. The van der Waals surface area contributed by atoms with Crippen LogP contribution in [0.1, 0.15) is 10.6 Å². The molecule has 0 amide bonds. The van der Waals surface area contributed by atoms with Crippen LogP contribution in [0.25, 0.3) is 0 Å². The molecule has 4 rings (SSSR count). The number of rotatable bonds is 5. The van der Waals surface area contributed by atoms with Crippen LogP contribution in [-0.4, -0.2) is 49.1 Å². The number of aromatic nitrogens is 2. The van der Waals surface area contributed by atoms with Crippen molar-refractivity contribution in [1.29, 1.82) is 0 Å². The van der Waals surface area contributed by atoms with E-state index in [1.165, 1.54) is 27.8 Å². The van der Waals surface area contributed by atoms with Crippen molar-refractivity contribution in [1.82, 2.24) is 14.5 Å². The third kappa shape index (κ3) is 4.06. The number of nitrogens with zero attached hydrogens (tertiary/aromatic N) is 4. The van der Waals surface area contributed by atoms with Crippen molar-refractivity contribution in [2.75, 3.05) is 31.1 Å². The van der Waals surface area contributed by atoms with Gasteiger partial charge < -0.3 is 4.90 Å². The Kier molecular flexibility index (Phi) is 5.38. The Morgan fingerprint density at radius 1 is 0.929 bits per heavy atom. The van der Waals surface area contributed by atoms with E-state index in [1.807, 2.05) is 0 Å². The van der Waals surface area contributed by atoms with E-state index in [0.29, 0.717) is 37.5 Å². The molecule has 146 valence electrons. The average molecular weight is 419 g/mol. The molecular formula is C19H19FN4O2S2. The Labute approximate surface area is 167 Å². The Morgan fingerprint density at radius 3 is 2.29 bits per heavy atom. The van der Waals surface area contributed by atoms with E-state index in [4.69, 9.17) is 0 Å². The van der Waals surface area contributed by atoms with Gasteiger partial charge in [-0.3, -0.25) is 0 Å². The predicted octanol–water partition coefficient (Wildman–Crippen LogP) is 2.78. The van der Waals surface area contributed by atoms with Crippen LogP contribution in [-0.2, 0) is 16.4 Å². The molecule has 0 unspecified atom stereocenters. The third-order valence-corrected chi connectivity index (χ3v) is 7.51. The lowest BCUT2D eigenvalue weighted by Crippen LogP contribution is -2.48. The molecule has 0 saturated carbocycles. The molecule has 6 nitrogen and oxygen atoms in total. The van der Waals surface area contributed by atoms with E-state index >= 15 is 0 Å². The molecule has 9 heteroatoms. The number of hydrogen-bond donors (Lipinski definition) is 0. The summed E-state index contributed by atoms with van der Waals surface area (Å²) in [5, 5.41) is 10.1. The van der Waals surface area contributed by atoms with Crippen LogP contribution in [0.2, 0.25) is 0 Å². The van der Waals surface area contributed by atoms with Crippen molar-refractivity contribution in [3.8, 4) is 0 Å². The van der Waals surface area contributed by atoms with E-state index < -0.39 is 10.0 Å². The maximum absolute atomic E-state index is 13.0. The van der Waals surface area contributed by atoms with Crippen LogP contribution in [0, 0.1) is 5.82 Å². The van der Waals surface area contributed by atoms with Gasteiger partial charge >= 0.3 is 0 Å². The molecule has 1 aliphatic rings. The Bertz CT molecular complexity index is 1030. The second-order valence-corrected chi connectivity index (χ2v) is 9.46. The molecule has 0 bridgehead atoms. The van der Waals surface area contributed by atoms with E-state index in [-0.39, 0.29) is 5.82 Å². The lowest BCUT2D eigenvalue weighted by atomic mass is 10.2. The van der Waals surface area contributed by atoms with E-state index in [0.717, 1.165) is 15.7 Å². The average Bonchev–Trinajstić information content (AvgIpc) is 3.19. The normalized spacial score (nSPS) is 15.7. The highest BCUT2D eigenvalue weighted by Gasteiger charge is 2.29. The fourth-order valence-electron chi connectivity index (χ4n) is 3.08. The van der Waals surface area contributed by atoms with Gasteiger partial charge in [-0.15, -0.1) is 10.2 Å². The Morgan fingerprint density at radius 2 is 1.61 bits per heavy atom. The van der Waals surface area contributed by atoms with Gasteiger partial charge in [-0.05, 0) is 29.8 Å². The highest BCUT2D eigenvalue weighted by atomic mass is 32.2. The minimum absolute atomic E-state index is 0.259. The first-order valence-electron chi connectivity index (χ1n) is 8.89. The highest BCUT2D eigenvalue weighted by molar-refractivity contribution is 7.89.